The van der Waals surface area contributed by atoms with Crippen molar-refractivity contribution in [2.75, 3.05) is 13.2 Å². The fourth-order valence-electron chi connectivity index (χ4n) is 3.76. The Bertz CT molecular complexity index is 860. The molecule has 0 fully saturated rings. The molecular formula is C25H33ClN2O4. The predicted molar refractivity (Wildman–Crippen MR) is 126 cm³/mol. The summed E-state index contributed by atoms with van der Waals surface area (Å²) in [6.07, 6.45) is 5.38. The summed E-state index contributed by atoms with van der Waals surface area (Å²) >= 11 is 5.92. The normalized spacial score (nSPS) is 14.5. The van der Waals surface area contributed by atoms with Gasteiger partial charge in [-0.1, -0.05) is 68.8 Å². The predicted octanol–water partition coefficient (Wildman–Crippen LogP) is 5.37. The van der Waals surface area contributed by atoms with E-state index in [2.05, 4.69) is 17.6 Å². The molecule has 0 aliphatic carbocycles. The lowest BCUT2D eigenvalue weighted by Crippen LogP contribution is -2.44. The van der Waals surface area contributed by atoms with Crippen LogP contribution in [0.15, 0.2) is 42.5 Å². The van der Waals surface area contributed by atoms with Gasteiger partial charge in [-0.25, -0.2) is 4.79 Å². The van der Waals surface area contributed by atoms with Crippen molar-refractivity contribution in [3.8, 4) is 11.5 Å². The number of aliphatic hydroxyl groups excluding tert-OH is 1. The van der Waals surface area contributed by atoms with Crippen molar-refractivity contribution in [1.29, 1.82) is 0 Å². The lowest BCUT2D eigenvalue weighted by Gasteiger charge is -2.26. The molecule has 0 bridgehead atoms. The van der Waals surface area contributed by atoms with Gasteiger partial charge in [-0.2, -0.15) is 0 Å². The first-order chi connectivity index (χ1) is 15.6. The minimum absolute atomic E-state index is 0.310. The fraction of sp³-hybridized carbons (Fsp3) is 0.480. The number of hydrogen-bond acceptors (Lipinski definition) is 4. The van der Waals surface area contributed by atoms with E-state index in [4.69, 9.17) is 21.1 Å². The molecule has 1 aliphatic rings. The molecule has 3 rings (SSSR count). The minimum Gasteiger partial charge on any atom is -0.486 e. The molecule has 0 spiro atoms. The van der Waals surface area contributed by atoms with E-state index in [0.29, 0.717) is 48.3 Å². The first-order valence-electron chi connectivity index (χ1n) is 11.4. The second-order valence-corrected chi connectivity index (χ2v) is 8.55. The summed E-state index contributed by atoms with van der Waals surface area (Å²) in [7, 11) is 0. The summed E-state index contributed by atoms with van der Waals surface area (Å²) in [5.74, 6) is 1.30. The third kappa shape index (κ3) is 7.31. The summed E-state index contributed by atoms with van der Waals surface area (Å²) in [6, 6.07) is 12.1. The number of aliphatic hydroxyl groups is 1. The maximum atomic E-state index is 12.6. The van der Waals surface area contributed by atoms with Crippen LogP contribution in [-0.4, -0.2) is 30.4 Å². The van der Waals surface area contributed by atoms with Crippen LogP contribution >= 0.6 is 11.6 Å². The van der Waals surface area contributed by atoms with E-state index >= 15 is 0 Å². The molecule has 0 saturated carbocycles. The second-order valence-electron chi connectivity index (χ2n) is 8.11. The average molecular weight is 461 g/mol. The molecule has 174 valence electrons. The topological polar surface area (TPSA) is 79.8 Å². The lowest BCUT2D eigenvalue weighted by molar-refractivity contribution is 0.122. The van der Waals surface area contributed by atoms with Crippen LogP contribution in [0.5, 0.6) is 11.5 Å². The van der Waals surface area contributed by atoms with E-state index in [0.717, 1.165) is 24.8 Å². The highest BCUT2D eigenvalue weighted by Crippen LogP contribution is 2.34. The van der Waals surface area contributed by atoms with E-state index in [-0.39, 0.29) is 6.03 Å². The van der Waals surface area contributed by atoms with Crippen LogP contribution < -0.4 is 20.1 Å². The third-order valence-corrected chi connectivity index (χ3v) is 5.84. The molecular weight excluding hydrogens is 428 g/mol. The van der Waals surface area contributed by atoms with Crippen LogP contribution in [0.25, 0.3) is 0 Å². The molecule has 1 aliphatic heterocycles. The Morgan fingerprint density at radius 1 is 1.03 bits per heavy atom. The molecule has 32 heavy (non-hydrogen) atoms. The van der Waals surface area contributed by atoms with Gasteiger partial charge < -0.3 is 25.2 Å². The highest BCUT2D eigenvalue weighted by atomic mass is 35.5. The van der Waals surface area contributed by atoms with Crippen molar-refractivity contribution >= 4 is 17.6 Å². The Balaban J connectivity index is 1.62. The van der Waals surface area contributed by atoms with Crippen molar-refractivity contribution in [1.82, 2.24) is 10.6 Å². The molecule has 1 heterocycles. The van der Waals surface area contributed by atoms with E-state index < -0.39 is 12.1 Å². The van der Waals surface area contributed by atoms with Crippen molar-refractivity contribution in [3.05, 3.63) is 58.6 Å². The summed E-state index contributed by atoms with van der Waals surface area (Å²) in [6.45, 7) is 3.57. The highest BCUT2D eigenvalue weighted by molar-refractivity contribution is 6.30. The number of carbonyl (C=O) groups is 1. The smallest absolute Gasteiger partial charge is 0.315 e. The minimum atomic E-state index is -0.849. The summed E-state index contributed by atoms with van der Waals surface area (Å²) in [5, 5.41) is 17.6. The van der Waals surface area contributed by atoms with Gasteiger partial charge in [0.1, 0.15) is 13.2 Å². The van der Waals surface area contributed by atoms with Gasteiger partial charge in [0, 0.05) is 11.6 Å². The molecule has 0 radical (unpaired) electrons. The van der Waals surface area contributed by atoms with Gasteiger partial charge >= 0.3 is 6.03 Å². The number of carbonyl (C=O) groups excluding carboxylic acids is 1. The number of fused-ring (bicyclic) bond motifs is 1. The SMILES string of the molecule is CCCCCCCC(NC(=O)NCc1ccc(Cl)cc1)C(O)c1ccc2c(c1)OCCO2. The van der Waals surface area contributed by atoms with Crippen LogP contribution in [0.4, 0.5) is 4.79 Å². The number of ether oxygens (including phenoxy) is 2. The lowest BCUT2D eigenvalue weighted by atomic mass is 9.96. The number of urea groups is 1. The van der Waals surface area contributed by atoms with Gasteiger partial charge in [0.2, 0.25) is 0 Å². The zero-order valence-electron chi connectivity index (χ0n) is 18.6. The van der Waals surface area contributed by atoms with Crippen molar-refractivity contribution in [3.63, 3.8) is 0 Å². The van der Waals surface area contributed by atoms with Crippen LogP contribution in [0.1, 0.15) is 62.7 Å². The monoisotopic (exact) mass is 460 g/mol. The Morgan fingerprint density at radius 2 is 1.75 bits per heavy atom. The van der Waals surface area contributed by atoms with E-state index in [1.54, 1.807) is 18.2 Å². The van der Waals surface area contributed by atoms with Gasteiger partial charge in [-0.15, -0.1) is 0 Å². The number of rotatable bonds is 11. The number of hydrogen-bond donors (Lipinski definition) is 3. The molecule has 3 N–H and O–H groups in total. The third-order valence-electron chi connectivity index (χ3n) is 5.59. The first kappa shape index (κ1) is 24.2. The Morgan fingerprint density at radius 3 is 2.50 bits per heavy atom. The number of halogens is 1. The highest BCUT2D eigenvalue weighted by Gasteiger charge is 2.24. The van der Waals surface area contributed by atoms with E-state index in [1.165, 1.54) is 12.8 Å². The summed E-state index contributed by atoms with van der Waals surface area (Å²) < 4.78 is 11.2. The van der Waals surface area contributed by atoms with Crippen LogP contribution in [0, 0.1) is 0 Å². The van der Waals surface area contributed by atoms with Crippen LogP contribution in [0.2, 0.25) is 5.02 Å². The molecule has 2 atom stereocenters. The molecule has 2 aromatic carbocycles. The number of nitrogens with one attached hydrogen (secondary N) is 2. The zero-order chi connectivity index (χ0) is 22.8. The van der Waals surface area contributed by atoms with Gasteiger partial charge in [0.15, 0.2) is 11.5 Å². The maximum absolute atomic E-state index is 12.6. The average Bonchev–Trinajstić information content (AvgIpc) is 2.82. The fourth-order valence-corrected chi connectivity index (χ4v) is 3.88. The molecule has 0 saturated heterocycles. The number of benzene rings is 2. The van der Waals surface area contributed by atoms with Crippen LogP contribution in [-0.2, 0) is 6.54 Å². The Kier molecular flexibility index (Phi) is 9.50. The van der Waals surface area contributed by atoms with Crippen molar-refractivity contribution in [2.45, 2.75) is 64.1 Å². The van der Waals surface area contributed by atoms with Crippen LogP contribution in [0.3, 0.4) is 0 Å². The van der Waals surface area contributed by atoms with Crippen molar-refractivity contribution in [2.24, 2.45) is 0 Å². The molecule has 0 aromatic heterocycles. The summed E-state index contributed by atoms with van der Waals surface area (Å²) in [5.41, 5.74) is 1.65. The van der Waals surface area contributed by atoms with E-state index in [9.17, 15) is 9.90 Å². The van der Waals surface area contributed by atoms with Gasteiger partial charge in [-0.05, 0) is 41.8 Å². The van der Waals surface area contributed by atoms with E-state index in [1.807, 2.05) is 24.3 Å². The zero-order valence-corrected chi connectivity index (χ0v) is 19.4. The van der Waals surface area contributed by atoms with Gasteiger partial charge in [0.05, 0.1) is 12.1 Å². The molecule has 2 unspecified atom stereocenters. The van der Waals surface area contributed by atoms with Gasteiger partial charge in [0.25, 0.3) is 0 Å². The summed E-state index contributed by atoms with van der Waals surface area (Å²) in [4.78, 5) is 12.6. The number of amides is 2. The molecule has 2 aromatic rings. The molecule has 6 nitrogen and oxygen atoms in total. The quantitative estimate of drug-likeness (QED) is 0.393. The second kappa shape index (κ2) is 12.6. The van der Waals surface area contributed by atoms with Gasteiger partial charge in [-0.3, -0.25) is 0 Å². The Labute approximate surface area is 195 Å². The standard InChI is InChI=1S/C25H33ClN2O4/c1-2-3-4-5-6-7-21(28-25(30)27-17-18-8-11-20(26)12-9-18)24(29)19-10-13-22-23(16-19)32-15-14-31-22/h8-13,16,21,24,29H,2-7,14-15,17H2,1H3,(H2,27,28,30). The molecule has 2 amide bonds. The Hall–Kier alpha value is -2.44. The largest absolute Gasteiger partial charge is 0.486 e. The number of unbranched alkanes of at least 4 members (excludes halogenated alkanes) is 4. The van der Waals surface area contributed by atoms with Crippen molar-refractivity contribution < 1.29 is 19.4 Å². The maximum Gasteiger partial charge on any atom is 0.315 e. The molecule has 7 heteroatoms. The first-order valence-corrected chi connectivity index (χ1v) is 11.8.